The van der Waals surface area contributed by atoms with Gasteiger partial charge in [0, 0.05) is 13.3 Å². The summed E-state index contributed by atoms with van der Waals surface area (Å²) < 4.78 is 0. The Hall–Kier alpha value is -1.46. The number of carboxylic acids is 1. The van der Waals surface area contributed by atoms with Crippen LogP contribution in [0.5, 0.6) is 5.75 Å². The number of carboxylic acid groups (broad SMARTS) is 1. The lowest BCUT2D eigenvalue weighted by molar-refractivity contribution is -0.141. The van der Waals surface area contributed by atoms with Gasteiger partial charge in [-0.2, -0.15) is 0 Å². The second-order valence-corrected chi connectivity index (χ2v) is 4.42. The third kappa shape index (κ3) is 3.51. The van der Waals surface area contributed by atoms with Crippen LogP contribution in [0.15, 0.2) is 12.1 Å². The summed E-state index contributed by atoms with van der Waals surface area (Å²) in [5.74, 6) is -1.81. The van der Waals surface area contributed by atoms with E-state index in [1.54, 1.807) is 0 Å². The van der Waals surface area contributed by atoms with E-state index in [1.807, 2.05) is 0 Å². The standard InChI is InChI=1S/C11H11Cl2NO4/c1-5(15)14-7(11(17)18)4-6-2-3-8(16)10(13)9(6)12/h2-3,7,16H,4H2,1H3,(H,14,15)(H,17,18). The molecule has 98 valence electrons. The molecule has 0 heterocycles. The predicted molar refractivity (Wildman–Crippen MR) is 67.1 cm³/mol. The van der Waals surface area contributed by atoms with E-state index in [0.717, 1.165) is 0 Å². The summed E-state index contributed by atoms with van der Waals surface area (Å²) in [6, 6.07) is 1.68. The highest BCUT2D eigenvalue weighted by molar-refractivity contribution is 6.43. The fourth-order valence-corrected chi connectivity index (χ4v) is 1.82. The summed E-state index contributed by atoms with van der Waals surface area (Å²) in [5.41, 5.74) is 0.431. The van der Waals surface area contributed by atoms with Crippen molar-refractivity contribution < 1.29 is 19.8 Å². The molecule has 0 spiro atoms. The van der Waals surface area contributed by atoms with Crippen LogP contribution < -0.4 is 5.32 Å². The monoisotopic (exact) mass is 291 g/mol. The number of carbonyl (C=O) groups excluding carboxylic acids is 1. The lowest BCUT2D eigenvalue weighted by Gasteiger charge is -2.14. The first-order valence-electron chi connectivity index (χ1n) is 4.98. The predicted octanol–water partition coefficient (Wildman–Crippen LogP) is 1.83. The van der Waals surface area contributed by atoms with Crippen molar-refractivity contribution in [1.82, 2.24) is 5.32 Å². The van der Waals surface area contributed by atoms with E-state index >= 15 is 0 Å². The van der Waals surface area contributed by atoms with Crippen LogP contribution in [0, 0.1) is 0 Å². The van der Waals surface area contributed by atoms with Crippen LogP contribution >= 0.6 is 23.2 Å². The number of aliphatic carboxylic acids is 1. The van der Waals surface area contributed by atoms with Gasteiger partial charge in [0.1, 0.15) is 16.8 Å². The maximum absolute atomic E-state index is 11.0. The van der Waals surface area contributed by atoms with Crippen molar-refractivity contribution >= 4 is 35.1 Å². The average Bonchev–Trinajstić information content (AvgIpc) is 2.28. The van der Waals surface area contributed by atoms with Gasteiger partial charge in [-0.3, -0.25) is 4.79 Å². The molecule has 0 fully saturated rings. The zero-order valence-corrected chi connectivity index (χ0v) is 10.9. The lowest BCUT2D eigenvalue weighted by atomic mass is 10.1. The normalized spacial score (nSPS) is 11.9. The van der Waals surface area contributed by atoms with Crippen LogP contribution in [-0.4, -0.2) is 28.1 Å². The van der Waals surface area contributed by atoms with Crippen molar-refractivity contribution in [1.29, 1.82) is 0 Å². The third-order valence-electron chi connectivity index (χ3n) is 2.24. The molecule has 1 rings (SSSR count). The summed E-state index contributed by atoms with van der Waals surface area (Å²) in [7, 11) is 0. The number of phenolic OH excluding ortho intramolecular Hbond substituents is 1. The summed E-state index contributed by atoms with van der Waals surface area (Å²) in [6.45, 7) is 1.22. The van der Waals surface area contributed by atoms with Crippen molar-refractivity contribution in [2.24, 2.45) is 0 Å². The first-order chi connectivity index (χ1) is 8.32. The Morgan fingerprint density at radius 1 is 1.33 bits per heavy atom. The van der Waals surface area contributed by atoms with Crippen LogP contribution in [0.1, 0.15) is 12.5 Å². The molecule has 0 radical (unpaired) electrons. The molecule has 1 amide bonds. The zero-order chi connectivity index (χ0) is 13.9. The van der Waals surface area contributed by atoms with Gasteiger partial charge in [0.25, 0.3) is 0 Å². The van der Waals surface area contributed by atoms with Gasteiger partial charge in [-0.25, -0.2) is 4.79 Å². The Balaban J connectivity index is 2.98. The van der Waals surface area contributed by atoms with Gasteiger partial charge in [-0.1, -0.05) is 29.3 Å². The number of amides is 1. The minimum atomic E-state index is -1.18. The zero-order valence-electron chi connectivity index (χ0n) is 9.41. The average molecular weight is 292 g/mol. The Morgan fingerprint density at radius 3 is 2.44 bits per heavy atom. The molecular weight excluding hydrogens is 281 g/mol. The van der Waals surface area contributed by atoms with Gasteiger partial charge in [0.15, 0.2) is 0 Å². The first-order valence-corrected chi connectivity index (χ1v) is 5.74. The van der Waals surface area contributed by atoms with Crippen LogP contribution in [0.25, 0.3) is 0 Å². The molecule has 1 aromatic carbocycles. The highest BCUT2D eigenvalue weighted by Gasteiger charge is 2.21. The second kappa shape index (κ2) is 5.93. The highest BCUT2D eigenvalue weighted by atomic mass is 35.5. The van der Waals surface area contributed by atoms with Crippen LogP contribution in [-0.2, 0) is 16.0 Å². The second-order valence-electron chi connectivity index (χ2n) is 3.67. The van der Waals surface area contributed by atoms with E-state index < -0.39 is 17.9 Å². The molecule has 18 heavy (non-hydrogen) atoms. The molecule has 0 aromatic heterocycles. The Labute approximate surface area is 113 Å². The quantitative estimate of drug-likeness (QED) is 0.790. The van der Waals surface area contributed by atoms with Crippen molar-refractivity contribution in [2.45, 2.75) is 19.4 Å². The van der Waals surface area contributed by atoms with Gasteiger partial charge in [0.2, 0.25) is 5.91 Å². The number of benzene rings is 1. The Bertz CT molecular complexity index is 490. The van der Waals surface area contributed by atoms with E-state index in [-0.39, 0.29) is 22.2 Å². The van der Waals surface area contributed by atoms with Crippen molar-refractivity contribution in [3.8, 4) is 5.75 Å². The fourth-order valence-electron chi connectivity index (χ4n) is 1.40. The maximum Gasteiger partial charge on any atom is 0.326 e. The molecule has 0 aliphatic heterocycles. The Kier molecular flexibility index (Phi) is 4.81. The number of nitrogens with one attached hydrogen (secondary N) is 1. The molecule has 0 aliphatic rings. The summed E-state index contributed by atoms with van der Waals surface area (Å²) in [4.78, 5) is 21.8. The molecule has 3 N–H and O–H groups in total. The number of phenols is 1. The van der Waals surface area contributed by atoms with E-state index in [4.69, 9.17) is 28.3 Å². The maximum atomic E-state index is 11.0. The summed E-state index contributed by atoms with van der Waals surface area (Å²) >= 11 is 11.6. The van der Waals surface area contributed by atoms with Gasteiger partial charge in [-0.15, -0.1) is 0 Å². The SMILES string of the molecule is CC(=O)NC(Cc1ccc(O)c(Cl)c1Cl)C(=O)O. The topological polar surface area (TPSA) is 86.6 Å². The molecule has 0 aliphatic carbocycles. The van der Waals surface area contributed by atoms with Crippen molar-refractivity contribution in [2.75, 3.05) is 0 Å². The minimum Gasteiger partial charge on any atom is -0.506 e. The third-order valence-corrected chi connectivity index (χ3v) is 3.15. The van der Waals surface area contributed by atoms with E-state index in [0.29, 0.717) is 5.56 Å². The molecule has 1 aromatic rings. The number of carbonyl (C=O) groups is 2. The molecule has 0 saturated heterocycles. The highest BCUT2D eigenvalue weighted by Crippen LogP contribution is 2.34. The number of hydrogen-bond acceptors (Lipinski definition) is 3. The minimum absolute atomic E-state index is 0.0201. The fraction of sp³-hybridized carbons (Fsp3) is 0.273. The number of rotatable bonds is 4. The first kappa shape index (κ1) is 14.6. The smallest absolute Gasteiger partial charge is 0.326 e. The lowest BCUT2D eigenvalue weighted by Crippen LogP contribution is -2.41. The number of halogens is 2. The van der Waals surface area contributed by atoms with E-state index in [9.17, 15) is 14.7 Å². The van der Waals surface area contributed by atoms with Crippen LogP contribution in [0.3, 0.4) is 0 Å². The molecule has 5 nitrogen and oxygen atoms in total. The summed E-state index contributed by atoms with van der Waals surface area (Å²) in [6.07, 6.45) is -0.0201. The molecule has 1 unspecified atom stereocenters. The largest absolute Gasteiger partial charge is 0.506 e. The van der Waals surface area contributed by atoms with Crippen molar-refractivity contribution in [3.63, 3.8) is 0 Å². The molecular formula is C11H11Cl2NO4. The Morgan fingerprint density at radius 2 is 1.94 bits per heavy atom. The van der Waals surface area contributed by atoms with Gasteiger partial charge in [0.05, 0.1) is 5.02 Å². The van der Waals surface area contributed by atoms with Crippen molar-refractivity contribution in [3.05, 3.63) is 27.7 Å². The van der Waals surface area contributed by atoms with Crippen LogP contribution in [0.2, 0.25) is 10.0 Å². The van der Waals surface area contributed by atoms with Crippen LogP contribution in [0.4, 0.5) is 0 Å². The molecule has 7 heteroatoms. The number of aromatic hydroxyl groups is 1. The van der Waals surface area contributed by atoms with E-state index in [2.05, 4.69) is 5.32 Å². The molecule has 0 saturated carbocycles. The summed E-state index contributed by atoms with van der Waals surface area (Å²) in [5, 5.41) is 20.6. The van der Waals surface area contributed by atoms with Gasteiger partial charge in [-0.05, 0) is 11.6 Å². The molecule has 0 bridgehead atoms. The van der Waals surface area contributed by atoms with Gasteiger partial charge >= 0.3 is 5.97 Å². The molecule has 1 atom stereocenters. The van der Waals surface area contributed by atoms with E-state index in [1.165, 1.54) is 19.1 Å². The van der Waals surface area contributed by atoms with Gasteiger partial charge < -0.3 is 15.5 Å². The number of hydrogen-bond donors (Lipinski definition) is 3.